The van der Waals surface area contributed by atoms with Crippen molar-refractivity contribution in [1.29, 1.82) is 0 Å². The Kier molecular flexibility index (Phi) is 4.45. The van der Waals surface area contributed by atoms with E-state index in [-0.39, 0.29) is 22.0 Å². The summed E-state index contributed by atoms with van der Waals surface area (Å²) in [6.45, 7) is 1.54. The number of alkyl halides is 2. The predicted octanol–water partition coefficient (Wildman–Crippen LogP) is 5.01. The van der Waals surface area contributed by atoms with Crippen molar-refractivity contribution < 1.29 is 9.45 Å². The van der Waals surface area contributed by atoms with Gasteiger partial charge in [0, 0.05) is 5.39 Å². The summed E-state index contributed by atoms with van der Waals surface area (Å²) in [4.78, 5) is 14.5. The maximum atomic E-state index is 11.2. The van der Waals surface area contributed by atoms with E-state index in [1.54, 1.807) is 6.92 Å². The summed E-state index contributed by atoms with van der Waals surface area (Å²) in [6, 6.07) is 11.6. The lowest BCUT2D eigenvalue weighted by Crippen LogP contribution is -2.03. The molecule has 0 amide bonds. The lowest BCUT2D eigenvalue weighted by molar-refractivity contribution is -0.386. The first kappa shape index (κ1) is 16.1. The maximum absolute atomic E-state index is 11.2. The van der Waals surface area contributed by atoms with Gasteiger partial charge in [-0.15, -0.1) is 0 Å². The minimum absolute atomic E-state index is 0.114. The smallest absolute Gasteiger partial charge is 0.335 e. The van der Waals surface area contributed by atoms with Gasteiger partial charge in [-0.25, -0.2) is 0 Å². The molecule has 0 bridgehead atoms. The molecule has 3 aromatic rings. The van der Waals surface area contributed by atoms with Crippen LogP contribution in [0, 0.1) is 17.0 Å². The third-order valence-electron chi connectivity index (χ3n) is 3.45. The molecule has 2 atom stereocenters. The molecule has 2 aromatic heterocycles. The Morgan fingerprint density at radius 2 is 1.91 bits per heavy atom. The third-order valence-corrected chi connectivity index (χ3v) is 6.10. The zero-order chi connectivity index (χ0) is 16.6. The van der Waals surface area contributed by atoms with Crippen LogP contribution in [-0.2, 0) is 0 Å². The summed E-state index contributed by atoms with van der Waals surface area (Å²) >= 11 is 7.01. The number of aromatic nitrogens is 2. The maximum Gasteiger partial charge on any atom is 0.335 e. The normalized spacial score (nSPS) is 13.9. The molecular formula is C15H11Br2N3O3. The van der Waals surface area contributed by atoms with Gasteiger partial charge >= 0.3 is 5.69 Å². The highest BCUT2D eigenvalue weighted by molar-refractivity contribution is 9.12. The van der Waals surface area contributed by atoms with Crippen LogP contribution >= 0.6 is 31.9 Å². The Balaban J connectivity index is 1.98. The van der Waals surface area contributed by atoms with E-state index in [0.29, 0.717) is 0 Å². The molecule has 8 heteroatoms. The number of hydrogen-bond acceptors (Lipinski definition) is 5. The molecule has 0 spiro atoms. The van der Waals surface area contributed by atoms with Gasteiger partial charge in [0.1, 0.15) is 4.83 Å². The van der Waals surface area contributed by atoms with Crippen LogP contribution in [0.15, 0.2) is 40.9 Å². The number of halogens is 2. The van der Waals surface area contributed by atoms with E-state index < -0.39 is 9.75 Å². The minimum Gasteiger partial charge on any atom is -0.352 e. The van der Waals surface area contributed by atoms with Crippen LogP contribution < -0.4 is 0 Å². The first-order valence-corrected chi connectivity index (χ1v) is 8.56. The monoisotopic (exact) mass is 439 g/mol. The second-order valence-corrected chi connectivity index (χ2v) is 6.94. The number of benzene rings is 1. The first-order chi connectivity index (χ1) is 11.0. The van der Waals surface area contributed by atoms with Crippen molar-refractivity contribution in [2.24, 2.45) is 0 Å². The number of aryl methyl sites for hydroxylation is 1. The average molecular weight is 441 g/mol. The lowest BCUT2D eigenvalue weighted by atomic mass is 10.1. The molecule has 0 saturated heterocycles. The highest BCUT2D eigenvalue weighted by atomic mass is 79.9. The highest BCUT2D eigenvalue weighted by Crippen LogP contribution is 2.45. The minimum atomic E-state index is -0.483. The number of nitro groups is 1. The molecule has 2 heterocycles. The Morgan fingerprint density at radius 1 is 1.17 bits per heavy atom. The fourth-order valence-electron chi connectivity index (χ4n) is 2.30. The van der Waals surface area contributed by atoms with Crippen LogP contribution in [0.3, 0.4) is 0 Å². The van der Waals surface area contributed by atoms with Crippen molar-refractivity contribution >= 4 is 48.5 Å². The van der Waals surface area contributed by atoms with Crippen LogP contribution in [-0.4, -0.2) is 15.1 Å². The Morgan fingerprint density at radius 3 is 2.65 bits per heavy atom. The molecule has 0 aliphatic rings. The number of fused-ring (bicyclic) bond motifs is 1. The van der Waals surface area contributed by atoms with E-state index in [0.717, 1.165) is 16.6 Å². The number of para-hydroxylation sites is 1. The van der Waals surface area contributed by atoms with Gasteiger partial charge in [0.05, 0.1) is 21.0 Å². The Labute approximate surface area is 148 Å². The fourth-order valence-corrected chi connectivity index (χ4v) is 3.37. The van der Waals surface area contributed by atoms with Gasteiger partial charge < -0.3 is 4.52 Å². The third kappa shape index (κ3) is 3.00. The molecule has 6 nitrogen and oxygen atoms in total. The molecule has 118 valence electrons. The summed E-state index contributed by atoms with van der Waals surface area (Å²) in [7, 11) is 0. The van der Waals surface area contributed by atoms with E-state index in [2.05, 4.69) is 42.0 Å². The summed E-state index contributed by atoms with van der Waals surface area (Å²) in [5, 5.41) is 15.9. The number of rotatable bonds is 4. The predicted molar refractivity (Wildman–Crippen MR) is 93.0 cm³/mol. The van der Waals surface area contributed by atoms with Crippen LogP contribution in [0.2, 0.25) is 0 Å². The molecular weight excluding hydrogens is 430 g/mol. The topological polar surface area (TPSA) is 82.1 Å². The first-order valence-electron chi connectivity index (χ1n) is 6.73. The molecule has 1 aromatic carbocycles. The van der Waals surface area contributed by atoms with Crippen molar-refractivity contribution in [3.8, 4) is 0 Å². The zero-order valence-electron chi connectivity index (χ0n) is 11.9. The molecule has 0 N–H and O–H groups in total. The van der Waals surface area contributed by atoms with Crippen LogP contribution in [0.5, 0.6) is 0 Å². The zero-order valence-corrected chi connectivity index (χ0v) is 15.1. The van der Waals surface area contributed by atoms with Gasteiger partial charge in [0.25, 0.3) is 0 Å². The Hall–Kier alpha value is -1.80. The van der Waals surface area contributed by atoms with Gasteiger partial charge in [0.15, 0.2) is 5.69 Å². The largest absolute Gasteiger partial charge is 0.352 e. The summed E-state index contributed by atoms with van der Waals surface area (Å²) in [5.41, 5.74) is 1.74. The second kappa shape index (κ2) is 6.37. The average Bonchev–Trinajstić information content (AvgIpc) is 2.94. The van der Waals surface area contributed by atoms with Gasteiger partial charge in [0.2, 0.25) is 5.76 Å². The van der Waals surface area contributed by atoms with Crippen molar-refractivity contribution in [2.75, 3.05) is 0 Å². The number of nitrogens with zero attached hydrogens (tertiary/aromatic N) is 3. The highest BCUT2D eigenvalue weighted by Gasteiger charge is 2.34. The van der Waals surface area contributed by atoms with Crippen LogP contribution in [0.1, 0.15) is 26.8 Å². The summed E-state index contributed by atoms with van der Waals surface area (Å²) in [5.74, 6) is 0.171. The molecule has 0 radical (unpaired) electrons. The molecule has 0 fully saturated rings. The van der Waals surface area contributed by atoms with E-state index in [1.165, 1.54) is 0 Å². The number of hydrogen-bond donors (Lipinski definition) is 0. The van der Waals surface area contributed by atoms with Crippen LogP contribution in [0.4, 0.5) is 5.69 Å². The molecule has 0 aliphatic heterocycles. The quantitative estimate of drug-likeness (QED) is 0.323. The summed E-state index contributed by atoms with van der Waals surface area (Å²) in [6.07, 6.45) is 0. The van der Waals surface area contributed by atoms with Crippen molar-refractivity contribution in [3.63, 3.8) is 0 Å². The van der Waals surface area contributed by atoms with E-state index in [9.17, 15) is 10.1 Å². The SMILES string of the molecule is Cc1noc([C@@H](Br)[C@@H](Br)c2ccc3ccccc3n2)c1[N+](=O)[O-]. The Bertz CT molecular complexity index is 881. The van der Waals surface area contributed by atoms with Crippen molar-refractivity contribution in [2.45, 2.75) is 16.6 Å². The van der Waals surface area contributed by atoms with Crippen molar-refractivity contribution in [1.82, 2.24) is 10.1 Å². The molecule has 0 saturated carbocycles. The van der Waals surface area contributed by atoms with Crippen LogP contribution in [0.25, 0.3) is 10.9 Å². The molecule has 23 heavy (non-hydrogen) atoms. The van der Waals surface area contributed by atoms with Crippen molar-refractivity contribution in [3.05, 3.63) is 63.7 Å². The molecule has 0 aliphatic carbocycles. The standard InChI is InChI=1S/C15H11Br2N3O3/c1-8-14(20(21)22)15(23-19-8)13(17)12(16)11-7-6-9-4-2-3-5-10(9)18-11/h2-7,12-13H,1H3/t12-,13-/m0/s1. The van der Waals surface area contributed by atoms with Gasteiger partial charge in [-0.1, -0.05) is 61.3 Å². The summed E-state index contributed by atoms with van der Waals surface area (Å²) < 4.78 is 5.15. The lowest BCUT2D eigenvalue weighted by Gasteiger charge is -2.14. The van der Waals surface area contributed by atoms with E-state index in [1.807, 2.05) is 36.4 Å². The van der Waals surface area contributed by atoms with Gasteiger partial charge in [-0.05, 0) is 19.1 Å². The van der Waals surface area contributed by atoms with E-state index >= 15 is 0 Å². The van der Waals surface area contributed by atoms with E-state index in [4.69, 9.17) is 4.52 Å². The van der Waals surface area contributed by atoms with Gasteiger partial charge in [-0.2, -0.15) is 0 Å². The number of pyridine rings is 1. The molecule has 0 unspecified atom stereocenters. The van der Waals surface area contributed by atoms with Gasteiger partial charge in [-0.3, -0.25) is 15.1 Å². The molecule has 3 rings (SSSR count). The fraction of sp³-hybridized carbons (Fsp3) is 0.200. The second-order valence-electron chi connectivity index (χ2n) is 4.97.